The summed E-state index contributed by atoms with van der Waals surface area (Å²) < 4.78 is 0. The molecular formula is C13H17N3O5. The molecule has 0 heterocycles. The molecule has 0 aliphatic rings. The van der Waals surface area contributed by atoms with Crippen molar-refractivity contribution in [1.29, 1.82) is 0 Å². The molecule has 8 heteroatoms. The summed E-state index contributed by atoms with van der Waals surface area (Å²) in [6.45, 7) is 3.31. The van der Waals surface area contributed by atoms with Crippen molar-refractivity contribution < 1.29 is 19.6 Å². The Kier molecular flexibility index (Phi) is 5.65. The Balaban J connectivity index is 2.82. The van der Waals surface area contributed by atoms with Crippen LogP contribution in [0, 0.1) is 17.0 Å². The number of hydrogen-bond acceptors (Lipinski definition) is 4. The second-order valence-electron chi connectivity index (χ2n) is 4.48. The number of nitro benzene ring substituents is 1. The number of carbonyl (C=O) groups is 2. The molecule has 2 amide bonds. The predicted octanol–water partition coefficient (Wildman–Crippen LogP) is 2.28. The maximum absolute atomic E-state index is 11.8. The van der Waals surface area contributed by atoms with Crippen molar-refractivity contribution in [3.63, 3.8) is 0 Å². The van der Waals surface area contributed by atoms with E-state index in [9.17, 15) is 19.7 Å². The molecule has 8 nitrogen and oxygen atoms in total. The van der Waals surface area contributed by atoms with Crippen molar-refractivity contribution in [2.45, 2.75) is 32.7 Å². The van der Waals surface area contributed by atoms with Gasteiger partial charge in [0.05, 0.1) is 16.2 Å². The minimum Gasteiger partial charge on any atom is -0.480 e. The van der Waals surface area contributed by atoms with Gasteiger partial charge in [0.1, 0.15) is 6.04 Å². The molecule has 0 saturated heterocycles. The van der Waals surface area contributed by atoms with Crippen molar-refractivity contribution in [1.82, 2.24) is 5.32 Å². The van der Waals surface area contributed by atoms with Crippen molar-refractivity contribution in [2.24, 2.45) is 0 Å². The van der Waals surface area contributed by atoms with Gasteiger partial charge in [-0.05, 0) is 19.4 Å². The topological polar surface area (TPSA) is 122 Å². The molecule has 21 heavy (non-hydrogen) atoms. The van der Waals surface area contributed by atoms with Crippen LogP contribution in [0.15, 0.2) is 18.2 Å². The molecule has 0 aromatic heterocycles. The van der Waals surface area contributed by atoms with Gasteiger partial charge in [0.2, 0.25) is 0 Å². The first kappa shape index (κ1) is 16.4. The number of nitrogens with one attached hydrogen (secondary N) is 2. The lowest BCUT2D eigenvalue weighted by Gasteiger charge is -2.15. The highest BCUT2D eigenvalue weighted by Gasteiger charge is 2.20. The average Bonchev–Trinajstić information content (AvgIpc) is 2.40. The van der Waals surface area contributed by atoms with Crippen LogP contribution in [0.3, 0.4) is 0 Å². The van der Waals surface area contributed by atoms with E-state index in [-0.39, 0.29) is 11.4 Å². The lowest BCUT2D eigenvalue weighted by atomic mass is 10.1. The fourth-order valence-corrected chi connectivity index (χ4v) is 1.82. The van der Waals surface area contributed by atoms with Gasteiger partial charge in [0, 0.05) is 6.07 Å². The Labute approximate surface area is 121 Å². The smallest absolute Gasteiger partial charge is 0.326 e. The van der Waals surface area contributed by atoms with Gasteiger partial charge in [0.15, 0.2) is 0 Å². The third-order valence-electron chi connectivity index (χ3n) is 2.93. The van der Waals surface area contributed by atoms with E-state index in [1.807, 2.05) is 0 Å². The summed E-state index contributed by atoms with van der Waals surface area (Å²) in [6, 6.07) is 2.59. The fourth-order valence-electron chi connectivity index (χ4n) is 1.82. The molecule has 0 bridgehead atoms. The third-order valence-corrected chi connectivity index (χ3v) is 2.93. The molecule has 1 unspecified atom stereocenters. The molecule has 1 atom stereocenters. The van der Waals surface area contributed by atoms with E-state index in [4.69, 9.17) is 5.11 Å². The predicted molar refractivity (Wildman–Crippen MR) is 76.3 cm³/mol. The van der Waals surface area contributed by atoms with E-state index < -0.39 is 23.0 Å². The molecule has 114 valence electrons. The Morgan fingerprint density at radius 3 is 2.62 bits per heavy atom. The van der Waals surface area contributed by atoms with Crippen LogP contribution in [0.2, 0.25) is 0 Å². The van der Waals surface area contributed by atoms with Crippen molar-refractivity contribution in [3.8, 4) is 0 Å². The minimum atomic E-state index is -1.12. The highest BCUT2D eigenvalue weighted by Crippen LogP contribution is 2.24. The summed E-state index contributed by atoms with van der Waals surface area (Å²) in [6.07, 6.45) is 0.907. The van der Waals surface area contributed by atoms with E-state index in [0.29, 0.717) is 18.4 Å². The van der Waals surface area contributed by atoms with Crippen LogP contribution in [-0.4, -0.2) is 28.1 Å². The first-order valence-electron chi connectivity index (χ1n) is 6.41. The van der Waals surface area contributed by atoms with E-state index in [2.05, 4.69) is 10.6 Å². The Hall–Kier alpha value is -2.64. The highest BCUT2D eigenvalue weighted by molar-refractivity contribution is 5.93. The number of carboxylic acid groups (broad SMARTS) is 1. The number of nitrogens with zero attached hydrogens (tertiary/aromatic N) is 1. The fraction of sp³-hybridized carbons (Fsp3) is 0.385. The molecule has 0 aliphatic carbocycles. The summed E-state index contributed by atoms with van der Waals surface area (Å²) in [5, 5.41) is 24.5. The van der Waals surface area contributed by atoms with Crippen LogP contribution >= 0.6 is 0 Å². The largest absolute Gasteiger partial charge is 0.480 e. The molecule has 0 spiro atoms. The van der Waals surface area contributed by atoms with Gasteiger partial charge in [-0.2, -0.15) is 0 Å². The number of carbonyl (C=O) groups excluding carboxylic acids is 1. The van der Waals surface area contributed by atoms with E-state index in [1.54, 1.807) is 6.92 Å². The van der Waals surface area contributed by atoms with Gasteiger partial charge in [-0.15, -0.1) is 0 Å². The number of amides is 2. The van der Waals surface area contributed by atoms with E-state index in [1.165, 1.54) is 25.1 Å². The Bertz CT molecular complexity index is 559. The third kappa shape index (κ3) is 4.44. The van der Waals surface area contributed by atoms with Crippen LogP contribution in [0.25, 0.3) is 0 Å². The SMILES string of the molecule is CCCC(NC(=O)Nc1cccc([N+](=O)[O-])c1C)C(=O)O. The summed E-state index contributed by atoms with van der Waals surface area (Å²) in [5.74, 6) is -1.12. The normalized spacial score (nSPS) is 11.5. The van der Waals surface area contributed by atoms with Crippen LogP contribution < -0.4 is 10.6 Å². The van der Waals surface area contributed by atoms with Gasteiger partial charge in [-0.1, -0.05) is 19.4 Å². The Morgan fingerprint density at radius 1 is 1.43 bits per heavy atom. The second kappa shape index (κ2) is 7.22. The van der Waals surface area contributed by atoms with Gasteiger partial charge in [0.25, 0.3) is 5.69 Å². The van der Waals surface area contributed by atoms with Crippen molar-refractivity contribution in [2.75, 3.05) is 5.32 Å². The molecule has 1 aromatic carbocycles. The summed E-state index contributed by atoms with van der Waals surface area (Å²) in [7, 11) is 0. The van der Waals surface area contributed by atoms with Crippen LogP contribution in [-0.2, 0) is 4.79 Å². The summed E-state index contributed by atoms with van der Waals surface area (Å²) in [5.41, 5.74) is 0.457. The Morgan fingerprint density at radius 2 is 2.10 bits per heavy atom. The number of rotatable bonds is 6. The van der Waals surface area contributed by atoms with Gasteiger partial charge < -0.3 is 15.7 Å². The monoisotopic (exact) mass is 295 g/mol. The summed E-state index contributed by atoms with van der Waals surface area (Å²) >= 11 is 0. The summed E-state index contributed by atoms with van der Waals surface area (Å²) in [4.78, 5) is 33.0. The highest BCUT2D eigenvalue weighted by atomic mass is 16.6. The van der Waals surface area contributed by atoms with Crippen LogP contribution in [0.5, 0.6) is 0 Å². The molecule has 0 saturated carbocycles. The number of aliphatic carboxylic acids is 1. The van der Waals surface area contributed by atoms with Crippen molar-refractivity contribution >= 4 is 23.4 Å². The maximum atomic E-state index is 11.8. The number of nitro groups is 1. The second-order valence-corrected chi connectivity index (χ2v) is 4.48. The first-order chi connectivity index (χ1) is 9.86. The van der Waals surface area contributed by atoms with E-state index in [0.717, 1.165) is 0 Å². The lowest BCUT2D eigenvalue weighted by Crippen LogP contribution is -2.43. The number of anilines is 1. The lowest BCUT2D eigenvalue weighted by molar-refractivity contribution is -0.385. The zero-order valence-electron chi connectivity index (χ0n) is 11.8. The van der Waals surface area contributed by atoms with Gasteiger partial charge in [-0.25, -0.2) is 9.59 Å². The molecule has 0 aliphatic heterocycles. The molecule has 0 radical (unpaired) electrons. The molecule has 1 rings (SSSR count). The molecule has 1 aromatic rings. The number of benzene rings is 1. The first-order valence-corrected chi connectivity index (χ1v) is 6.41. The zero-order valence-corrected chi connectivity index (χ0v) is 11.8. The molecule has 0 fully saturated rings. The number of carboxylic acids is 1. The quantitative estimate of drug-likeness (QED) is 0.549. The van der Waals surface area contributed by atoms with Gasteiger partial charge >= 0.3 is 12.0 Å². The van der Waals surface area contributed by atoms with Crippen LogP contribution in [0.4, 0.5) is 16.2 Å². The van der Waals surface area contributed by atoms with Crippen LogP contribution in [0.1, 0.15) is 25.3 Å². The number of urea groups is 1. The van der Waals surface area contributed by atoms with E-state index >= 15 is 0 Å². The average molecular weight is 295 g/mol. The van der Waals surface area contributed by atoms with Crippen molar-refractivity contribution in [3.05, 3.63) is 33.9 Å². The standard InChI is InChI=1S/C13H17N3O5/c1-3-5-10(12(17)18)15-13(19)14-9-6-4-7-11(8(9)2)16(20)21/h4,6-7,10H,3,5H2,1-2H3,(H,17,18)(H2,14,15,19). The minimum absolute atomic E-state index is 0.115. The van der Waals surface area contributed by atoms with Gasteiger partial charge in [-0.3, -0.25) is 10.1 Å². The molecular weight excluding hydrogens is 278 g/mol. The number of hydrogen-bond donors (Lipinski definition) is 3. The molecule has 3 N–H and O–H groups in total. The zero-order chi connectivity index (χ0) is 16.0. The maximum Gasteiger partial charge on any atom is 0.326 e.